The van der Waals surface area contributed by atoms with Crippen molar-refractivity contribution in [2.24, 2.45) is 5.92 Å². The van der Waals surface area contributed by atoms with Gasteiger partial charge in [-0.2, -0.15) is 13.2 Å². The Labute approximate surface area is 136 Å². The molecule has 0 aliphatic carbocycles. The molecule has 130 valence electrons. The van der Waals surface area contributed by atoms with E-state index in [0.717, 1.165) is 11.6 Å². The maximum Gasteiger partial charge on any atom is 0.419 e. The average molecular weight is 343 g/mol. The van der Waals surface area contributed by atoms with E-state index in [1.807, 2.05) is 13.8 Å². The van der Waals surface area contributed by atoms with Crippen LogP contribution in [0.2, 0.25) is 0 Å². The van der Waals surface area contributed by atoms with E-state index in [0.29, 0.717) is 18.4 Å². The van der Waals surface area contributed by atoms with Crippen LogP contribution in [0.1, 0.15) is 41.0 Å². The van der Waals surface area contributed by atoms with Crippen molar-refractivity contribution >= 4 is 5.97 Å². The maximum absolute atomic E-state index is 13.3. The van der Waals surface area contributed by atoms with Crippen molar-refractivity contribution < 1.29 is 27.5 Å². The molecule has 1 aromatic heterocycles. The van der Waals surface area contributed by atoms with Gasteiger partial charge in [0, 0.05) is 12.7 Å². The summed E-state index contributed by atoms with van der Waals surface area (Å²) in [6, 6.07) is 4.19. The van der Waals surface area contributed by atoms with Gasteiger partial charge in [-0.25, -0.2) is 9.18 Å². The zero-order chi connectivity index (χ0) is 18.1. The lowest BCUT2D eigenvalue weighted by atomic mass is 10.1. The standard InChI is InChI=1S/C17H17F4NO2/c1-10(2)5-12-7-15(16(23)24)22(9-12)8-11-3-4-14(18)13(6-11)17(19,20)21/h3-4,6-7,9-10H,5,8H2,1-2H3,(H,23,24). The maximum atomic E-state index is 13.3. The van der Waals surface area contributed by atoms with Gasteiger partial charge in [0.1, 0.15) is 11.5 Å². The molecule has 0 aliphatic heterocycles. The van der Waals surface area contributed by atoms with Crippen LogP contribution in [-0.2, 0) is 19.1 Å². The fourth-order valence-corrected chi connectivity index (χ4v) is 2.55. The number of halogens is 4. The first-order valence-corrected chi connectivity index (χ1v) is 7.36. The van der Waals surface area contributed by atoms with Crippen molar-refractivity contribution in [2.45, 2.75) is 33.0 Å². The fraction of sp³-hybridized carbons (Fsp3) is 0.353. The number of hydrogen-bond donors (Lipinski definition) is 1. The molecule has 1 N–H and O–H groups in total. The Morgan fingerprint density at radius 3 is 2.42 bits per heavy atom. The Morgan fingerprint density at radius 1 is 1.21 bits per heavy atom. The molecular formula is C17H17F4NO2. The quantitative estimate of drug-likeness (QED) is 0.807. The van der Waals surface area contributed by atoms with Crippen LogP contribution < -0.4 is 0 Å². The molecule has 0 saturated heterocycles. The third kappa shape index (κ3) is 4.15. The van der Waals surface area contributed by atoms with Crippen molar-refractivity contribution in [3.63, 3.8) is 0 Å². The summed E-state index contributed by atoms with van der Waals surface area (Å²) in [4.78, 5) is 11.3. The number of carboxylic acids is 1. The third-order valence-corrected chi connectivity index (χ3v) is 3.51. The summed E-state index contributed by atoms with van der Waals surface area (Å²) < 4.78 is 53.1. The Balaban J connectivity index is 2.37. The van der Waals surface area contributed by atoms with E-state index in [4.69, 9.17) is 0 Å². The lowest BCUT2D eigenvalue weighted by Crippen LogP contribution is -2.11. The fourth-order valence-electron chi connectivity index (χ4n) is 2.55. The molecule has 0 atom stereocenters. The monoisotopic (exact) mass is 343 g/mol. The van der Waals surface area contributed by atoms with E-state index in [9.17, 15) is 27.5 Å². The topological polar surface area (TPSA) is 42.2 Å². The molecule has 0 spiro atoms. The number of rotatable bonds is 5. The van der Waals surface area contributed by atoms with Gasteiger partial charge in [0.2, 0.25) is 0 Å². The zero-order valence-corrected chi connectivity index (χ0v) is 13.2. The Kier molecular flexibility index (Phi) is 5.01. The van der Waals surface area contributed by atoms with Crippen LogP contribution in [0, 0.1) is 11.7 Å². The summed E-state index contributed by atoms with van der Waals surface area (Å²) in [6.07, 6.45) is -2.53. The molecule has 0 radical (unpaired) electrons. The molecule has 3 nitrogen and oxygen atoms in total. The van der Waals surface area contributed by atoms with Gasteiger partial charge >= 0.3 is 12.1 Å². The molecule has 2 rings (SSSR count). The second-order valence-electron chi connectivity index (χ2n) is 6.08. The highest BCUT2D eigenvalue weighted by atomic mass is 19.4. The molecule has 0 aliphatic rings. The van der Waals surface area contributed by atoms with E-state index in [1.165, 1.54) is 16.7 Å². The van der Waals surface area contributed by atoms with Gasteiger partial charge < -0.3 is 9.67 Å². The second-order valence-corrected chi connectivity index (χ2v) is 6.08. The van der Waals surface area contributed by atoms with Crippen molar-refractivity contribution in [3.8, 4) is 0 Å². The summed E-state index contributed by atoms with van der Waals surface area (Å²) in [5.74, 6) is -2.20. The normalized spacial score (nSPS) is 12.0. The van der Waals surface area contributed by atoms with Crippen molar-refractivity contribution in [1.82, 2.24) is 4.57 Å². The largest absolute Gasteiger partial charge is 0.477 e. The van der Waals surface area contributed by atoms with Crippen molar-refractivity contribution in [3.05, 3.63) is 58.7 Å². The van der Waals surface area contributed by atoms with E-state index in [-0.39, 0.29) is 17.8 Å². The molecule has 1 heterocycles. The van der Waals surface area contributed by atoms with Gasteiger partial charge in [-0.15, -0.1) is 0 Å². The molecule has 0 fully saturated rings. The van der Waals surface area contributed by atoms with E-state index in [1.54, 1.807) is 6.20 Å². The van der Waals surface area contributed by atoms with Gasteiger partial charge in [0.05, 0.1) is 5.56 Å². The van der Waals surface area contributed by atoms with Crippen LogP contribution >= 0.6 is 0 Å². The molecular weight excluding hydrogens is 326 g/mol. The number of aromatic nitrogens is 1. The summed E-state index contributed by atoms with van der Waals surface area (Å²) in [6.45, 7) is 3.88. The van der Waals surface area contributed by atoms with E-state index >= 15 is 0 Å². The lowest BCUT2D eigenvalue weighted by Gasteiger charge is -2.11. The van der Waals surface area contributed by atoms with Crippen LogP contribution in [0.5, 0.6) is 0 Å². The van der Waals surface area contributed by atoms with Gasteiger partial charge in [-0.05, 0) is 41.7 Å². The van der Waals surface area contributed by atoms with Crippen molar-refractivity contribution in [1.29, 1.82) is 0 Å². The van der Waals surface area contributed by atoms with Crippen LogP contribution in [0.3, 0.4) is 0 Å². The summed E-state index contributed by atoms with van der Waals surface area (Å²) >= 11 is 0. The Morgan fingerprint density at radius 2 is 1.88 bits per heavy atom. The SMILES string of the molecule is CC(C)Cc1cc(C(=O)O)n(Cc2ccc(F)c(C(F)(F)F)c2)c1. The molecule has 7 heteroatoms. The van der Waals surface area contributed by atoms with Gasteiger partial charge in [0.25, 0.3) is 0 Å². The first kappa shape index (κ1) is 18.0. The van der Waals surface area contributed by atoms with Crippen molar-refractivity contribution in [2.75, 3.05) is 0 Å². The minimum Gasteiger partial charge on any atom is -0.477 e. The van der Waals surface area contributed by atoms with Crippen LogP contribution in [-0.4, -0.2) is 15.6 Å². The highest BCUT2D eigenvalue weighted by molar-refractivity contribution is 5.86. The highest BCUT2D eigenvalue weighted by Crippen LogP contribution is 2.32. The molecule has 0 unspecified atom stereocenters. The van der Waals surface area contributed by atoms with E-state index in [2.05, 4.69) is 0 Å². The Bertz CT molecular complexity index is 748. The minimum atomic E-state index is -4.80. The highest BCUT2D eigenvalue weighted by Gasteiger charge is 2.34. The number of alkyl halides is 3. The van der Waals surface area contributed by atoms with Gasteiger partial charge in [0.15, 0.2) is 0 Å². The minimum absolute atomic E-state index is 0.0106. The molecule has 0 bridgehead atoms. The van der Waals surface area contributed by atoms with Crippen LogP contribution in [0.25, 0.3) is 0 Å². The number of aromatic carboxylic acids is 1. The third-order valence-electron chi connectivity index (χ3n) is 3.51. The predicted octanol–water partition coefficient (Wildman–Crippen LogP) is 4.59. The number of hydrogen-bond acceptors (Lipinski definition) is 1. The summed E-state index contributed by atoms with van der Waals surface area (Å²) in [7, 11) is 0. The molecule has 24 heavy (non-hydrogen) atoms. The second kappa shape index (κ2) is 6.67. The molecule has 0 saturated carbocycles. The van der Waals surface area contributed by atoms with Gasteiger partial charge in [-0.3, -0.25) is 0 Å². The van der Waals surface area contributed by atoms with Gasteiger partial charge in [-0.1, -0.05) is 19.9 Å². The lowest BCUT2D eigenvalue weighted by molar-refractivity contribution is -0.140. The number of carbonyl (C=O) groups is 1. The molecule has 1 aromatic carbocycles. The predicted molar refractivity (Wildman–Crippen MR) is 80.4 cm³/mol. The number of benzene rings is 1. The van der Waals surface area contributed by atoms with Crippen LogP contribution in [0.4, 0.5) is 17.6 Å². The zero-order valence-electron chi connectivity index (χ0n) is 13.2. The first-order valence-electron chi connectivity index (χ1n) is 7.36. The number of nitrogens with zero attached hydrogens (tertiary/aromatic N) is 1. The average Bonchev–Trinajstić information content (AvgIpc) is 2.81. The number of carboxylic acid groups (broad SMARTS) is 1. The molecule has 0 amide bonds. The Hall–Kier alpha value is -2.31. The summed E-state index contributed by atoms with van der Waals surface area (Å²) in [5.41, 5.74) is -0.395. The summed E-state index contributed by atoms with van der Waals surface area (Å²) in [5, 5.41) is 9.26. The van der Waals surface area contributed by atoms with Crippen LogP contribution in [0.15, 0.2) is 30.5 Å². The molecule has 2 aromatic rings. The smallest absolute Gasteiger partial charge is 0.419 e. The first-order chi connectivity index (χ1) is 11.1. The van der Waals surface area contributed by atoms with E-state index < -0.39 is 23.5 Å².